The number of allylic oxidation sites excluding steroid dienone is 2. The SMILES string of the molecule is c1ccc(-c2ccc(C3=C([Si](C4=C(c5ccc(-c6ccccc6)cc5)Cc5ccccc54)(C4CCCC4)C4CCCC4)c4ccccc4C3)cc2)cc1. The summed E-state index contributed by atoms with van der Waals surface area (Å²) in [4.78, 5) is 0. The third-order valence-corrected chi connectivity index (χ3v) is 19.9. The maximum Gasteiger partial charge on any atom is 0.126 e. The maximum absolute atomic E-state index is 2.53. The lowest BCUT2D eigenvalue weighted by Gasteiger charge is -2.47. The van der Waals surface area contributed by atoms with Gasteiger partial charge in [-0.25, -0.2) is 0 Å². The van der Waals surface area contributed by atoms with Crippen LogP contribution in [0.15, 0.2) is 158 Å². The largest absolute Gasteiger partial charge is 0.126 e. The van der Waals surface area contributed by atoms with Gasteiger partial charge in [0, 0.05) is 0 Å². The van der Waals surface area contributed by atoms with E-state index in [0.29, 0.717) is 0 Å². The number of rotatable bonds is 8. The molecule has 0 spiro atoms. The monoisotopic (exact) mass is 700 g/mol. The highest BCUT2D eigenvalue weighted by Gasteiger charge is 2.58. The molecule has 4 aliphatic carbocycles. The third kappa shape index (κ3) is 5.55. The van der Waals surface area contributed by atoms with Crippen molar-refractivity contribution in [3.8, 4) is 22.3 Å². The predicted molar refractivity (Wildman–Crippen MR) is 228 cm³/mol. The lowest BCUT2D eigenvalue weighted by Crippen LogP contribution is -2.47. The van der Waals surface area contributed by atoms with Crippen LogP contribution < -0.4 is 0 Å². The van der Waals surface area contributed by atoms with Gasteiger partial charge in [-0.15, -0.1) is 0 Å². The van der Waals surface area contributed by atoms with E-state index in [1.807, 2.05) is 10.4 Å². The Balaban J connectivity index is 1.25. The van der Waals surface area contributed by atoms with E-state index >= 15 is 0 Å². The second-order valence-corrected chi connectivity index (χ2v) is 20.5. The lowest BCUT2D eigenvalue weighted by atomic mass is 9.99. The summed E-state index contributed by atoms with van der Waals surface area (Å²) in [6.07, 6.45) is 13.1. The van der Waals surface area contributed by atoms with Crippen LogP contribution in [0.5, 0.6) is 0 Å². The lowest BCUT2D eigenvalue weighted by molar-refractivity contribution is 0.769. The molecule has 0 bridgehead atoms. The van der Waals surface area contributed by atoms with Crippen LogP contribution in [0.25, 0.3) is 43.8 Å². The van der Waals surface area contributed by atoms with E-state index in [-0.39, 0.29) is 0 Å². The molecule has 0 atom stereocenters. The molecule has 53 heavy (non-hydrogen) atoms. The summed E-state index contributed by atoms with van der Waals surface area (Å²) in [6.45, 7) is 0. The summed E-state index contributed by atoms with van der Waals surface area (Å²) in [5.41, 5.74) is 19.1. The normalized spacial score (nSPS) is 17.5. The van der Waals surface area contributed by atoms with Crippen LogP contribution in [-0.4, -0.2) is 8.07 Å². The van der Waals surface area contributed by atoms with Gasteiger partial charge in [-0.05, 0) is 101 Å². The summed E-state index contributed by atoms with van der Waals surface area (Å²) in [5, 5.41) is 3.62. The first-order valence-electron chi connectivity index (χ1n) is 20.2. The third-order valence-electron chi connectivity index (χ3n) is 13.4. The van der Waals surface area contributed by atoms with Gasteiger partial charge in [0.2, 0.25) is 0 Å². The van der Waals surface area contributed by atoms with Crippen LogP contribution in [0.2, 0.25) is 11.1 Å². The molecule has 0 nitrogen and oxygen atoms in total. The fraction of sp³-hybridized carbons (Fsp3) is 0.231. The summed E-state index contributed by atoms with van der Waals surface area (Å²) in [6, 6.07) is 60.4. The molecule has 2 saturated carbocycles. The number of fused-ring (bicyclic) bond motifs is 2. The number of hydrogen-bond donors (Lipinski definition) is 0. The van der Waals surface area contributed by atoms with Crippen molar-refractivity contribution in [2.75, 3.05) is 0 Å². The highest BCUT2D eigenvalue weighted by molar-refractivity contribution is 7.14. The zero-order valence-electron chi connectivity index (χ0n) is 30.7. The summed E-state index contributed by atoms with van der Waals surface area (Å²) < 4.78 is 0. The van der Waals surface area contributed by atoms with Crippen molar-refractivity contribution < 1.29 is 0 Å². The van der Waals surface area contributed by atoms with E-state index in [2.05, 4.69) is 158 Å². The molecule has 0 aromatic heterocycles. The molecule has 4 aliphatic rings. The average Bonchev–Trinajstić information content (AvgIpc) is 4.08. The van der Waals surface area contributed by atoms with Crippen molar-refractivity contribution in [1.82, 2.24) is 0 Å². The molecule has 6 aromatic carbocycles. The van der Waals surface area contributed by atoms with Gasteiger partial charge in [-0.2, -0.15) is 0 Å². The minimum Gasteiger partial charge on any atom is -0.0622 e. The molecular weight excluding hydrogens is 653 g/mol. The van der Waals surface area contributed by atoms with Crippen molar-refractivity contribution in [3.05, 3.63) is 191 Å². The Bertz CT molecular complexity index is 2150. The first-order chi connectivity index (χ1) is 26.3. The van der Waals surface area contributed by atoms with Crippen LogP contribution in [0.4, 0.5) is 0 Å². The molecule has 0 N–H and O–H groups in total. The molecule has 0 saturated heterocycles. The van der Waals surface area contributed by atoms with Crippen LogP contribution >= 0.6 is 0 Å². The van der Waals surface area contributed by atoms with Crippen LogP contribution in [0.3, 0.4) is 0 Å². The van der Waals surface area contributed by atoms with E-state index in [4.69, 9.17) is 0 Å². The fourth-order valence-corrected chi connectivity index (χ4v) is 19.2. The highest BCUT2D eigenvalue weighted by atomic mass is 28.3. The van der Waals surface area contributed by atoms with Gasteiger partial charge in [0.1, 0.15) is 8.07 Å². The van der Waals surface area contributed by atoms with E-state index in [9.17, 15) is 0 Å². The number of benzene rings is 6. The van der Waals surface area contributed by atoms with Gasteiger partial charge in [0.05, 0.1) is 0 Å². The predicted octanol–water partition coefficient (Wildman–Crippen LogP) is 14.1. The molecular formula is C52H48Si. The molecule has 0 heterocycles. The molecule has 0 aliphatic heterocycles. The average molecular weight is 701 g/mol. The van der Waals surface area contributed by atoms with Gasteiger partial charge in [0.25, 0.3) is 0 Å². The maximum atomic E-state index is 2.53. The Kier molecular flexibility index (Phi) is 8.49. The van der Waals surface area contributed by atoms with Crippen molar-refractivity contribution in [2.24, 2.45) is 0 Å². The molecule has 2 fully saturated rings. The van der Waals surface area contributed by atoms with E-state index in [1.54, 1.807) is 22.3 Å². The summed E-state index contributed by atoms with van der Waals surface area (Å²) >= 11 is 0. The molecule has 0 radical (unpaired) electrons. The number of hydrogen-bond acceptors (Lipinski definition) is 0. The van der Waals surface area contributed by atoms with Gasteiger partial charge in [-0.3, -0.25) is 0 Å². The Morgan fingerprint density at radius 2 is 0.642 bits per heavy atom. The van der Waals surface area contributed by atoms with Crippen molar-refractivity contribution in [1.29, 1.82) is 0 Å². The molecule has 260 valence electrons. The van der Waals surface area contributed by atoms with Gasteiger partial charge in [-0.1, -0.05) is 209 Å². The van der Waals surface area contributed by atoms with Crippen LogP contribution in [0.1, 0.15) is 84.7 Å². The fourth-order valence-electron chi connectivity index (χ4n) is 11.2. The van der Waals surface area contributed by atoms with Gasteiger partial charge >= 0.3 is 0 Å². The summed E-state index contributed by atoms with van der Waals surface area (Å²) in [7, 11) is -2.45. The topological polar surface area (TPSA) is 0 Å². The van der Waals surface area contributed by atoms with Gasteiger partial charge < -0.3 is 0 Å². The Hall–Kier alpha value is -4.98. The molecule has 10 rings (SSSR count). The zero-order valence-corrected chi connectivity index (χ0v) is 31.7. The second-order valence-electron chi connectivity index (χ2n) is 16.1. The van der Waals surface area contributed by atoms with E-state index < -0.39 is 8.07 Å². The molecule has 6 aromatic rings. The molecule has 0 amide bonds. The minimum atomic E-state index is -2.45. The van der Waals surface area contributed by atoms with Crippen molar-refractivity contribution in [3.63, 3.8) is 0 Å². The second kappa shape index (κ2) is 13.8. The standard InChI is InChI=1S/C52H48Si/c1-3-15-37(16-4-1)39-27-31-41(32-28-39)49-35-43-19-7-13-25-47(43)51(49)53(45-21-9-10-22-45,46-23-11-12-24-46)52-48-26-14-8-20-44(48)36-50(52)42-33-29-40(30-34-42)38-17-5-2-6-18-38/h1-8,13-20,25-34,45-46H,9-12,21-24,35-36H2. The first kappa shape index (κ1) is 32.7. The Labute approximate surface area is 317 Å². The quantitative estimate of drug-likeness (QED) is 0.139. The van der Waals surface area contributed by atoms with Crippen molar-refractivity contribution >= 4 is 29.6 Å². The first-order valence-corrected chi connectivity index (χ1v) is 22.4. The van der Waals surface area contributed by atoms with Crippen molar-refractivity contribution in [2.45, 2.75) is 75.3 Å². The zero-order chi connectivity index (χ0) is 35.2. The minimum absolute atomic E-state index is 0.755. The Morgan fingerprint density at radius 1 is 0.321 bits per heavy atom. The Morgan fingerprint density at radius 3 is 1.04 bits per heavy atom. The van der Waals surface area contributed by atoms with E-state index in [0.717, 1.165) is 23.9 Å². The molecule has 1 heteroatoms. The summed E-state index contributed by atoms with van der Waals surface area (Å²) in [5.74, 6) is 0. The highest BCUT2D eigenvalue weighted by Crippen LogP contribution is 2.65. The van der Waals surface area contributed by atoms with E-state index in [1.165, 1.54) is 95.9 Å². The van der Waals surface area contributed by atoms with Crippen LogP contribution in [-0.2, 0) is 12.8 Å². The smallest absolute Gasteiger partial charge is 0.0622 e. The van der Waals surface area contributed by atoms with Crippen LogP contribution in [0, 0.1) is 0 Å². The van der Waals surface area contributed by atoms with Gasteiger partial charge in [0.15, 0.2) is 0 Å². The molecule has 0 unspecified atom stereocenters.